The van der Waals surface area contributed by atoms with Gasteiger partial charge in [-0.25, -0.2) is 0 Å². The third-order valence-electron chi connectivity index (χ3n) is 1.81. The third kappa shape index (κ3) is 1.13. The molecule has 1 fully saturated rings. The van der Waals surface area contributed by atoms with Crippen LogP contribution < -0.4 is 0 Å². The van der Waals surface area contributed by atoms with E-state index in [2.05, 4.69) is 19.7 Å². The molecule has 0 amide bonds. The highest BCUT2D eigenvalue weighted by Crippen LogP contribution is 2.29. The smallest absolute Gasteiger partial charge is 0.0276 e. The molecule has 9 heavy (non-hydrogen) atoms. The predicted molar refractivity (Wildman–Crippen MR) is 41.3 cm³/mol. The van der Waals surface area contributed by atoms with Crippen molar-refractivity contribution >= 4 is 0 Å². The molecule has 1 aliphatic rings. The van der Waals surface area contributed by atoms with E-state index in [1.165, 1.54) is 17.6 Å². The molecule has 0 N–H and O–H groups in total. The van der Waals surface area contributed by atoms with Gasteiger partial charge >= 0.3 is 0 Å². The van der Waals surface area contributed by atoms with Gasteiger partial charge in [-0.15, -0.1) is 0 Å². The maximum atomic E-state index is 3.89. The molecular formula is C9H12. The van der Waals surface area contributed by atoms with Crippen LogP contribution in [0, 0.1) is 0 Å². The topological polar surface area (TPSA) is 0 Å². The summed E-state index contributed by atoms with van der Waals surface area (Å²) in [5.41, 5.74) is 3.43. The predicted octanol–water partition coefficient (Wildman–Crippen LogP) is 2.84. The fourth-order valence-electron chi connectivity index (χ4n) is 1.07. The van der Waals surface area contributed by atoms with Gasteiger partial charge in [0.25, 0.3) is 0 Å². The van der Waals surface area contributed by atoms with Gasteiger partial charge < -0.3 is 0 Å². The summed E-state index contributed by atoms with van der Waals surface area (Å²) in [5, 5.41) is 0. The molecule has 0 aromatic heterocycles. The zero-order valence-electron chi connectivity index (χ0n) is 5.74. The lowest BCUT2D eigenvalue weighted by Gasteiger charge is -2.17. The van der Waals surface area contributed by atoms with Gasteiger partial charge in [-0.05, 0) is 36.0 Å². The molecule has 0 radical (unpaired) electrons. The highest BCUT2D eigenvalue weighted by atomic mass is 14.1. The normalized spacial score (nSPS) is 20.7. The molecule has 48 valence electrons. The van der Waals surface area contributed by atoms with Crippen molar-refractivity contribution < 1.29 is 0 Å². The van der Waals surface area contributed by atoms with Crippen LogP contribution in [0.2, 0.25) is 0 Å². The molecule has 0 nitrogen and oxygen atoms in total. The molecule has 0 saturated heterocycles. The molecular weight excluding hydrogens is 108 g/mol. The van der Waals surface area contributed by atoms with Gasteiger partial charge in [-0.2, -0.15) is 0 Å². The Morgan fingerprint density at radius 2 is 1.33 bits per heavy atom. The first-order valence-corrected chi connectivity index (χ1v) is 3.27. The van der Waals surface area contributed by atoms with E-state index in [-0.39, 0.29) is 0 Å². The van der Waals surface area contributed by atoms with Crippen molar-refractivity contribution in [2.45, 2.75) is 19.3 Å². The molecule has 0 aromatic carbocycles. The standard InChI is InChI=1S/C9H12/c1-7-5-4-6-8(2)9(7)3/h1-6H2. The van der Waals surface area contributed by atoms with E-state index in [1.807, 2.05) is 0 Å². The molecule has 1 rings (SSSR count). The Hall–Kier alpha value is -0.780. The number of hydrogen-bond acceptors (Lipinski definition) is 0. The first-order chi connectivity index (χ1) is 4.22. The largest absolute Gasteiger partial charge is 0.0952 e. The zero-order chi connectivity index (χ0) is 6.85. The molecule has 0 heterocycles. The van der Waals surface area contributed by atoms with E-state index in [4.69, 9.17) is 0 Å². The lowest BCUT2D eigenvalue weighted by atomic mass is 9.88. The Morgan fingerprint density at radius 1 is 0.889 bits per heavy atom. The SMILES string of the molecule is C=C1CCCC(=C)C1=C. The monoisotopic (exact) mass is 120 g/mol. The van der Waals surface area contributed by atoms with Crippen LogP contribution in [0.3, 0.4) is 0 Å². The molecule has 0 heteroatoms. The quantitative estimate of drug-likeness (QED) is 0.461. The van der Waals surface area contributed by atoms with Gasteiger partial charge in [0.1, 0.15) is 0 Å². The van der Waals surface area contributed by atoms with Crippen molar-refractivity contribution in [2.75, 3.05) is 0 Å². The molecule has 1 saturated carbocycles. The van der Waals surface area contributed by atoms with Crippen LogP contribution in [0.15, 0.2) is 36.5 Å². The maximum Gasteiger partial charge on any atom is -0.0276 e. The van der Waals surface area contributed by atoms with Crippen molar-refractivity contribution in [3.63, 3.8) is 0 Å². The summed E-state index contributed by atoms with van der Waals surface area (Å²) in [5.74, 6) is 0. The third-order valence-corrected chi connectivity index (χ3v) is 1.81. The second-order valence-corrected chi connectivity index (χ2v) is 2.54. The Balaban J connectivity index is 2.74. The fourth-order valence-corrected chi connectivity index (χ4v) is 1.07. The number of hydrogen-bond donors (Lipinski definition) is 0. The molecule has 0 bridgehead atoms. The summed E-state index contributed by atoms with van der Waals surface area (Å²) in [6.07, 6.45) is 3.42. The lowest BCUT2D eigenvalue weighted by Crippen LogP contribution is -1.98. The first-order valence-electron chi connectivity index (χ1n) is 3.27. The summed E-state index contributed by atoms with van der Waals surface area (Å²) in [6.45, 7) is 11.6. The van der Waals surface area contributed by atoms with E-state index in [1.54, 1.807) is 0 Å². The van der Waals surface area contributed by atoms with Crippen molar-refractivity contribution in [1.82, 2.24) is 0 Å². The lowest BCUT2D eigenvalue weighted by molar-refractivity contribution is 0.779. The minimum absolute atomic E-state index is 1.08. The van der Waals surface area contributed by atoms with E-state index < -0.39 is 0 Å². The van der Waals surface area contributed by atoms with Crippen molar-refractivity contribution in [3.8, 4) is 0 Å². The van der Waals surface area contributed by atoms with Gasteiger partial charge in [-0.1, -0.05) is 19.7 Å². The van der Waals surface area contributed by atoms with Crippen LogP contribution in [0.4, 0.5) is 0 Å². The summed E-state index contributed by atoms with van der Waals surface area (Å²) < 4.78 is 0. The molecule has 0 spiro atoms. The molecule has 0 unspecified atom stereocenters. The highest BCUT2D eigenvalue weighted by molar-refractivity contribution is 5.43. The van der Waals surface area contributed by atoms with Crippen LogP contribution in [0.25, 0.3) is 0 Å². The average molecular weight is 120 g/mol. The average Bonchev–Trinajstić information content (AvgIpc) is 1.83. The van der Waals surface area contributed by atoms with Crippen LogP contribution >= 0.6 is 0 Å². The second-order valence-electron chi connectivity index (χ2n) is 2.54. The summed E-state index contributed by atoms with van der Waals surface area (Å²) >= 11 is 0. The van der Waals surface area contributed by atoms with Crippen LogP contribution in [0.5, 0.6) is 0 Å². The van der Waals surface area contributed by atoms with Gasteiger partial charge in [0.05, 0.1) is 0 Å². The van der Waals surface area contributed by atoms with E-state index in [9.17, 15) is 0 Å². The van der Waals surface area contributed by atoms with Gasteiger partial charge in [0, 0.05) is 0 Å². The molecule has 0 aromatic rings. The van der Waals surface area contributed by atoms with Crippen LogP contribution in [-0.4, -0.2) is 0 Å². The number of allylic oxidation sites excluding steroid dienone is 3. The van der Waals surface area contributed by atoms with E-state index in [0.717, 1.165) is 18.4 Å². The van der Waals surface area contributed by atoms with Crippen molar-refractivity contribution in [2.24, 2.45) is 0 Å². The zero-order valence-corrected chi connectivity index (χ0v) is 5.74. The second kappa shape index (κ2) is 2.22. The van der Waals surface area contributed by atoms with Gasteiger partial charge in [-0.3, -0.25) is 0 Å². The number of rotatable bonds is 0. The molecule has 0 atom stereocenters. The Kier molecular flexibility index (Phi) is 1.56. The summed E-state index contributed by atoms with van der Waals surface area (Å²) in [7, 11) is 0. The Bertz CT molecular complexity index is 154. The summed E-state index contributed by atoms with van der Waals surface area (Å²) in [4.78, 5) is 0. The van der Waals surface area contributed by atoms with Gasteiger partial charge in [0.15, 0.2) is 0 Å². The minimum atomic E-state index is 1.08. The van der Waals surface area contributed by atoms with E-state index >= 15 is 0 Å². The first kappa shape index (κ1) is 6.34. The maximum absolute atomic E-state index is 3.89. The van der Waals surface area contributed by atoms with Crippen molar-refractivity contribution in [1.29, 1.82) is 0 Å². The summed E-state index contributed by atoms with van der Waals surface area (Å²) in [6, 6.07) is 0. The van der Waals surface area contributed by atoms with Gasteiger partial charge in [0.2, 0.25) is 0 Å². The Morgan fingerprint density at radius 3 is 1.67 bits per heavy atom. The van der Waals surface area contributed by atoms with Crippen LogP contribution in [0.1, 0.15) is 19.3 Å². The van der Waals surface area contributed by atoms with Crippen LogP contribution in [-0.2, 0) is 0 Å². The minimum Gasteiger partial charge on any atom is -0.0952 e. The van der Waals surface area contributed by atoms with Crippen molar-refractivity contribution in [3.05, 3.63) is 36.5 Å². The fraction of sp³-hybridized carbons (Fsp3) is 0.333. The van der Waals surface area contributed by atoms with E-state index in [0.29, 0.717) is 0 Å². The Labute approximate surface area is 56.6 Å². The highest BCUT2D eigenvalue weighted by Gasteiger charge is 2.09. The molecule has 0 aliphatic heterocycles. The molecule has 1 aliphatic carbocycles.